The van der Waals surface area contributed by atoms with Crippen LogP contribution in [-0.4, -0.2) is 27.8 Å². The summed E-state index contributed by atoms with van der Waals surface area (Å²) >= 11 is 3.28. The van der Waals surface area contributed by atoms with Gasteiger partial charge in [-0.05, 0) is 40.2 Å². The Morgan fingerprint density at radius 3 is 2.92 bits per heavy atom. The minimum atomic E-state index is -0.655. The second-order valence-corrected chi connectivity index (χ2v) is 5.90. The molecule has 0 aliphatic heterocycles. The molecule has 0 radical (unpaired) electrons. The van der Waals surface area contributed by atoms with E-state index in [1.165, 1.54) is 22.8 Å². The summed E-state index contributed by atoms with van der Waals surface area (Å²) in [5, 5.41) is 2.37. The van der Waals surface area contributed by atoms with Crippen LogP contribution in [0.25, 0.3) is 5.65 Å². The average molecular weight is 406 g/mol. The van der Waals surface area contributed by atoms with Gasteiger partial charge < -0.3 is 14.5 Å². The molecule has 0 unspecified atom stereocenters. The fourth-order valence-electron chi connectivity index (χ4n) is 2.05. The number of nitrogens with one attached hydrogen (secondary N) is 1. The number of halogens is 1. The number of nitrogens with zero attached hydrogens (tertiary/aromatic N) is 2. The fraction of sp³-hybridized carbons (Fsp3) is 0.125. The molecule has 0 saturated heterocycles. The Morgan fingerprint density at radius 2 is 2.16 bits per heavy atom. The van der Waals surface area contributed by atoms with Crippen molar-refractivity contribution in [1.82, 2.24) is 14.7 Å². The number of rotatable bonds is 5. The smallest absolute Gasteiger partial charge is 0.325 e. The third-order valence-electron chi connectivity index (χ3n) is 3.20. The van der Waals surface area contributed by atoms with E-state index in [1.807, 2.05) is 0 Å². The van der Waals surface area contributed by atoms with Gasteiger partial charge in [-0.3, -0.25) is 18.8 Å². The predicted octanol–water partition coefficient (Wildman–Crippen LogP) is 1.52. The Balaban J connectivity index is 1.58. The Hall–Kier alpha value is -2.94. The van der Waals surface area contributed by atoms with Gasteiger partial charge in [0, 0.05) is 16.7 Å². The number of fused-ring (bicyclic) bond motifs is 1. The monoisotopic (exact) mass is 405 g/mol. The number of aromatic nitrogens is 2. The van der Waals surface area contributed by atoms with Crippen molar-refractivity contribution in [2.45, 2.75) is 6.61 Å². The standard InChI is InChI=1S/C16H12BrN3O5/c17-10-3-4-13-19-11(6-14(21)20(13)8-10)9-25-15(22)7-18-16(23)12-2-1-5-24-12/h1-6,8H,7,9H2,(H,18,23). The topological polar surface area (TPSA) is 103 Å². The van der Waals surface area contributed by atoms with Crippen LogP contribution in [0.15, 0.2) is 56.5 Å². The lowest BCUT2D eigenvalue weighted by molar-refractivity contribution is -0.143. The van der Waals surface area contributed by atoms with E-state index < -0.39 is 11.9 Å². The highest BCUT2D eigenvalue weighted by Crippen LogP contribution is 2.09. The molecule has 1 N–H and O–H groups in total. The van der Waals surface area contributed by atoms with Crippen molar-refractivity contribution in [1.29, 1.82) is 0 Å². The molecule has 0 bridgehead atoms. The number of esters is 1. The molecule has 0 spiro atoms. The van der Waals surface area contributed by atoms with E-state index in [9.17, 15) is 14.4 Å². The van der Waals surface area contributed by atoms with Gasteiger partial charge in [0.1, 0.15) is 18.8 Å². The first kappa shape index (κ1) is 16.9. The normalized spacial score (nSPS) is 10.6. The molecule has 3 aromatic heterocycles. The van der Waals surface area contributed by atoms with Gasteiger partial charge in [0.25, 0.3) is 11.5 Å². The maximum absolute atomic E-state index is 12.0. The lowest BCUT2D eigenvalue weighted by atomic mass is 10.4. The van der Waals surface area contributed by atoms with Crippen molar-refractivity contribution in [3.63, 3.8) is 0 Å². The average Bonchev–Trinajstić information content (AvgIpc) is 3.13. The minimum Gasteiger partial charge on any atom is -0.459 e. The van der Waals surface area contributed by atoms with E-state index >= 15 is 0 Å². The zero-order chi connectivity index (χ0) is 17.8. The number of hydrogen-bond donors (Lipinski definition) is 1. The molecule has 0 aliphatic carbocycles. The Bertz CT molecular complexity index is 981. The zero-order valence-electron chi connectivity index (χ0n) is 12.8. The first-order valence-electron chi connectivity index (χ1n) is 7.18. The van der Waals surface area contributed by atoms with Crippen LogP contribution in [0.4, 0.5) is 0 Å². The van der Waals surface area contributed by atoms with Crippen molar-refractivity contribution in [2.24, 2.45) is 0 Å². The van der Waals surface area contributed by atoms with Crippen LogP contribution in [0.1, 0.15) is 16.2 Å². The van der Waals surface area contributed by atoms with E-state index in [-0.39, 0.29) is 24.5 Å². The minimum absolute atomic E-state index is 0.100. The number of ether oxygens (including phenoxy) is 1. The van der Waals surface area contributed by atoms with Crippen LogP contribution in [0.2, 0.25) is 0 Å². The molecule has 8 nitrogen and oxygen atoms in total. The van der Waals surface area contributed by atoms with Gasteiger partial charge in [-0.1, -0.05) is 0 Å². The molecule has 3 aromatic rings. The number of pyridine rings is 1. The highest BCUT2D eigenvalue weighted by Gasteiger charge is 2.11. The third kappa shape index (κ3) is 4.13. The third-order valence-corrected chi connectivity index (χ3v) is 3.66. The van der Waals surface area contributed by atoms with Crippen molar-refractivity contribution in [3.05, 3.63) is 69.1 Å². The number of furan rings is 1. The van der Waals surface area contributed by atoms with Gasteiger partial charge in [-0.25, -0.2) is 4.98 Å². The molecule has 0 fully saturated rings. The van der Waals surface area contributed by atoms with Crippen LogP contribution in [0.5, 0.6) is 0 Å². The Labute approximate surface area is 149 Å². The van der Waals surface area contributed by atoms with Gasteiger partial charge in [-0.15, -0.1) is 0 Å². The van der Waals surface area contributed by atoms with Gasteiger partial charge in [-0.2, -0.15) is 0 Å². The summed E-state index contributed by atoms with van der Waals surface area (Å²) in [6, 6.07) is 7.75. The highest BCUT2D eigenvalue weighted by molar-refractivity contribution is 9.10. The van der Waals surface area contributed by atoms with Gasteiger partial charge in [0.05, 0.1) is 12.0 Å². The molecule has 0 aromatic carbocycles. The van der Waals surface area contributed by atoms with E-state index in [2.05, 4.69) is 26.2 Å². The van der Waals surface area contributed by atoms with E-state index in [4.69, 9.17) is 9.15 Å². The molecule has 0 aliphatic rings. The van der Waals surface area contributed by atoms with Gasteiger partial charge in [0.15, 0.2) is 5.76 Å². The Morgan fingerprint density at radius 1 is 1.32 bits per heavy atom. The molecular weight excluding hydrogens is 394 g/mol. The molecule has 0 saturated carbocycles. The molecule has 0 atom stereocenters. The first-order valence-corrected chi connectivity index (χ1v) is 7.97. The predicted molar refractivity (Wildman–Crippen MR) is 90.0 cm³/mol. The lowest BCUT2D eigenvalue weighted by Crippen LogP contribution is -2.30. The van der Waals surface area contributed by atoms with Crippen LogP contribution in [0, 0.1) is 0 Å². The van der Waals surface area contributed by atoms with Crippen LogP contribution in [-0.2, 0) is 16.1 Å². The number of carbonyl (C=O) groups is 2. The number of amides is 1. The summed E-state index contributed by atoms with van der Waals surface area (Å²) < 4.78 is 12.0. The quantitative estimate of drug-likeness (QED) is 0.645. The number of carbonyl (C=O) groups excluding carboxylic acids is 2. The molecule has 9 heteroatoms. The van der Waals surface area contributed by atoms with E-state index in [0.717, 1.165) is 4.47 Å². The largest absolute Gasteiger partial charge is 0.459 e. The second kappa shape index (κ2) is 7.31. The Kier molecular flexibility index (Phi) is 4.94. The molecule has 25 heavy (non-hydrogen) atoms. The fourth-order valence-corrected chi connectivity index (χ4v) is 2.39. The van der Waals surface area contributed by atoms with Crippen molar-refractivity contribution < 1.29 is 18.7 Å². The van der Waals surface area contributed by atoms with E-state index in [0.29, 0.717) is 11.3 Å². The summed E-state index contributed by atoms with van der Waals surface area (Å²) in [5.41, 5.74) is 0.467. The summed E-state index contributed by atoms with van der Waals surface area (Å²) in [4.78, 5) is 39.6. The van der Waals surface area contributed by atoms with Gasteiger partial charge >= 0.3 is 5.97 Å². The van der Waals surface area contributed by atoms with Crippen LogP contribution >= 0.6 is 15.9 Å². The molecule has 3 heterocycles. The van der Waals surface area contributed by atoms with Crippen LogP contribution < -0.4 is 10.9 Å². The molecule has 1 amide bonds. The molecule has 128 valence electrons. The maximum Gasteiger partial charge on any atom is 0.325 e. The molecular formula is C16H12BrN3O5. The van der Waals surface area contributed by atoms with Crippen molar-refractivity contribution >= 4 is 33.5 Å². The summed E-state index contributed by atoms with van der Waals surface area (Å²) in [5.74, 6) is -1.07. The summed E-state index contributed by atoms with van der Waals surface area (Å²) in [6.07, 6.45) is 2.96. The number of hydrogen-bond acceptors (Lipinski definition) is 6. The van der Waals surface area contributed by atoms with Crippen molar-refractivity contribution in [3.8, 4) is 0 Å². The molecule has 3 rings (SSSR count). The van der Waals surface area contributed by atoms with Gasteiger partial charge in [0.2, 0.25) is 0 Å². The summed E-state index contributed by atoms with van der Waals surface area (Å²) in [6.45, 7) is -0.490. The van der Waals surface area contributed by atoms with E-state index in [1.54, 1.807) is 24.4 Å². The van der Waals surface area contributed by atoms with Crippen molar-refractivity contribution in [2.75, 3.05) is 6.54 Å². The SMILES string of the molecule is O=C(CNC(=O)c1ccco1)OCc1cc(=O)n2cc(Br)ccc2n1. The van der Waals surface area contributed by atoms with Crippen LogP contribution in [0.3, 0.4) is 0 Å². The second-order valence-electron chi connectivity index (χ2n) is 4.98. The highest BCUT2D eigenvalue weighted by atomic mass is 79.9. The first-order chi connectivity index (χ1) is 12.0. The zero-order valence-corrected chi connectivity index (χ0v) is 14.4. The summed E-state index contributed by atoms with van der Waals surface area (Å²) in [7, 11) is 0. The maximum atomic E-state index is 12.0. The lowest BCUT2D eigenvalue weighted by Gasteiger charge is -2.07.